The van der Waals surface area contributed by atoms with Crippen LogP contribution in [0.4, 0.5) is 0 Å². The van der Waals surface area contributed by atoms with Crippen molar-refractivity contribution in [1.82, 2.24) is 0 Å². The van der Waals surface area contributed by atoms with Crippen molar-refractivity contribution in [3.05, 3.63) is 24.3 Å². The lowest BCUT2D eigenvalue weighted by atomic mass is 9.85. The summed E-state index contributed by atoms with van der Waals surface area (Å²) in [5.74, 6) is -1.22. The molecule has 0 aromatic rings. The van der Waals surface area contributed by atoms with Gasteiger partial charge in [-0.15, -0.1) is 0 Å². The number of phosphoric ester groups is 2. The zero-order chi connectivity index (χ0) is 46.8. The van der Waals surface area contributed by atoms with Crippen LogP contribution < -0.4 is 0 Å². The normalized spacial score (nSPS) is 22.1. The second-order valence-electron chi connectivity index (χ2n) is 16.8. The Kier molecular flexibility index (Phi) is 34.5. The van der Waals surface area contributed by atoms with Crippen LogP contribution in [0.2, 0.25) is 0 Å². The van der Waals surface area contributed by atoms with Crippen molar-refractivity contribution < 1.29 is 76.9 Å². The zero-order valence-electron chi connectivity index (χ0n) is 38.3. The first-order valence-electron chi connectivity index (χ1n) is 23.9. The molecule has 18 heteroatoms. The van der Waals surface area contributed by atoms with Gasteiger partial charge in [0.25, 0.3) is 0 Å². The third-order valence-electron chi connectivity index (χ3n) is 11.0. The number of esters is 2. The van der Waals surface area contributed by atoms with E-state index in [0.29, 0.717) is 12.8 Å². The molecule has 0 saturated heterocycles. The monoisotopic (exact) mass is 943 g/mol. The average Bonchev–Trinajstić information content (AvgIpc) is 3.23. The van der Waals surface area contributed by atoms with Gasteiger partial charge in [0.15, 0.2) is 6.10 Å². The van der Waals surface area contributed by atoms with Crippen LogP contribution in [-0.4, -0.2) is 103 Å². The molecule has 16 nitrogen and oxygen atoms in total. The predicted octanol–water partition coefficient (Wildman–Crippen LogP) is 8.95. The number of rotatable bonds is 40. The molecule has 0 heterocycles. The molecule has 1 aliphatic carbocycles. The van der Waals surface area contributed by atoms with Gasteiger partial charge >= 0.3 is 27.6 Å². The van der Waals surface area contributed by atoms with E-state index in [1.54, 1.807) is 0 Å². The Labute approximate surface area is 377 Å². The van der Waals surface area contributed by atoms with Crippen LogP contribution in [0.15, 0.2) is 24.3 Å². The van der Waals surface area contributed by atoms with Crippen LogP contribution in [0.5, 0.6) is 0 Å². The summed E-state index contributed by atoms with van der Waals surface area (Å²) in [6.07, 6.45) is 22.8. The maximum atomic E-state index is 13.0. The lowest BCUT2D eigenvalue weighted by molar-refractivity contribution is -0.216. The first-order chi connectivity index (χ1) is 30.1. The number of phosphoric acid groups is 2. The first kappa shape index (κ1) is 59.5. The van der Waals surface area contributed by atoms with Crippen molar-refractivity contribution in [3.8, 4) is 0 Å². The van der Waals surface area contributed by atoms with Gasteiger partial charge in [0.1, 0.15) is 43.2 Å². The standard InChI is InChI=1S/C45H84O16P2/c1-3-5-7-9-11-13-15-17-19-21-23-25-27-29-31-33-38(46)57-35-37(59-39(47)34-32-30-28-26-24-22-20-18-16-14-12-10-8-6-4-2)36-58-63(55,56)61-45-42(50)40(48)41(49)44(43(45)51)60-62(52,53)54/h13,15,18,20,37,40-45,48-51H,3-12,14,16-17,19,21-36H2,1-2H3,(H,55,56)(H2,52,53,54). The van der Waals surface area contributed by atoms with Crippen LogP contribution in [0.1, 0.15) is 194 Å². The largest absolute Gasteiger partial charge is 0.472 e. The van der Waals surface area contributed by atoms with Crippen molar-refractivity contribution in [1.29, 1.82) is 0 Å². The number of ether oxygens (including phenoxy) is 2. The van der Waals surface area contributed by atoms with Crippen LogP contribution >= 0.6 is 15.6 Å². The number of hydrogen-bond donors (Lipinski definition) is 7. The topological polar surface area (TPSA) is 256 Å². The van der Waals surface area contributed by atoms with Crippen molar-refractivity contribution in [2.45, 2.75) is 236 Å². The van der Waals surface area contributed by atoms with Gasteiger partial charge in [0.2, 0.25) is 0 Å². The van der Waals surface area contributed by atoms with Crippen LogP contribution in [0.3, 0.4) is 0 Å². The van der Waals surface area contributed by atoms with E-state index in [1.807, 2.05) is 0 Å². The molecule has 8 unspecified atom stereocenters. The van der Waals surface area contributed by atoms with Gasteiger partial charge in [-0.2, -0.15) is 0 Å². The van der Waals surface area contributed by atoms with Gasteiger partial charge in [0, 0.05) is 12.8 Å². The molecule has 0 aromatic heterocycles. The number of unbranched alkanes of at least 4 members (excludes halogenated alkanes) is 22. The van der Waals surface area contributed by atoms with Gasteiger partial charge in [-0.1, -0.05) is 141 Å². The third-order valence-corrected chi connectivity index (χ3v) is 12.5. The minimum atomic E-state index is -5.36. The SMILES string of the molecule is CCCCCCC=CCCCCCCCCCC(=O)OCC(COP(=O)(O)OC1C(O)C(O)C(O)C(OP(=O)(O)O)C1O)OC(=O)CCCCCCCC=CCCCCCCCC. The number of carbonyl (C=O) groups is 2. The van der Waals surface area contributed by atoms with Crippen LogP contribution in [0, 0.1) is 0 Å². The van der Waals surface area contributed by atoms with Crippen molar-refractivity contribution in [2.75, 3.05) is 13.2 Å². The Balaban J connectivity index is 2.60. The van der Waals surface area contributed by atoms with E-state index < -0.39 is 83.5 Å². The summed E-state index contributed by atoms with van der Waals surface area (Å²) in [5, 5.41) is 41.2. The highest BCUT2D eigenvalue weighted by atomic mass is 31.2. The van der Waals surface area contributed by atoms with E-state index in [2.05, 4.69) is 42.7 Å². The molecule has 1 saturated carbocycles. The Morgan fingerprint density at radius 1 is 0.492 bits per heavy atom. The minimum Gasteiger partial charge on any atom is -0.462 e. The van der Waals surface area contributed by atoms with Gasteiger partial charge in [0.05, 0.1) is 6.61 Å². The summed E-state index contributed by atoms with van der Waals surface area (Å²) < 4.78 is 49.4. The van der Waals surface area contributed by atoms with Gasteiger partial charge in [-0.25, -0.2) is 9.13 Å². The van der Waals surface area contributed by atoms with Crippen molar-refractivity contribution in [2.24, 2.45) is 0 Å². The molecule has 0 spiro atoms. The number of aliphatic hydroxyl groups is 4. The van der Waals surface area contributed by atoms with E-state index in [9.17, 15) is 44.0 Å². The minimum absolute atomic E-state index is 0.0351. The van der Waals surface area contributed by atoms with Crippen molar-refractivity contribution >= 4 is 27.6 Å². The zero-order valence-corrected chi connectivity index (χ0v) is 40.1. The fourth-order valence-electron chi connectivity index (χ4n) is 7.25. The van der Waals surface area contributed by atoms with Gasteiger partial charge in [-0.3, -0.25) is 23.2 Å². The number of allylic oxidation sites excluding steroid dienone is 4. The maximum Gasteiger partial charge on any atom is 0.472 e. The molecule has 0 bridgehead atoms. The molecule has 63 heavy (non-hydrogen) atoms. The van der Waals surface area contributed by atoms with Gasteiger partial charge in [-0.05, 0) is 64.2 Å². The van der Waals surface area contributed by atoms with Crippen LogP contribution in [-0.2, 0) is 41.8 Å². The Bertz CT molecular complexity index is 1330. The number of hydrogen-bond acceptors (Lipinski definition) is 13. The second-order valence-corrected chi connectivity index (χ2v) is 19.4. The maximum absolute atomic E-state index is 13.0. The van der Waals surface area contributed by atoms with E-state index >= 15 is 0 Å². The molecule has 1 fully saturated rings. The van der Waals surface area contributed by atoms with Gasteiger partial charge < -0.3 is 44.6 Å². The van der Waals surface area contributed by atoms with E-state index in [-0.39, 0.29) is 12.8 Å². The van der Waals surface area contributed by atoms with E-state index in [1.165, 1.54) is 64.2 Å². The second kappa shape index (κ2) is 36.6. The highest BCUT2D eigenvalue weighted by Crippen LogP contribution is 2.49. The lowest BCUT2D eigenvalue weighted by Crippen LogP contribution is -2.64. The molecule has 1 rings (SSSR count). The summed E-state index contributed by atoms with van der Waals surface area (Å²) in [6.45, 7) is 3.09. The molecule has 7 N–H and O–H groups in total. The molecular weight excluding hydrogens is 858 g/mol. The molecular formula is C45H84O16P2. The summed E-state index contributed by atoms with van der Waals surface area (Å²) in [6, 6.07) is 0. The number of carbonyl (C=O) groups excluding carboxylic acids is 2. The van der Waals surface area contributed by atoms with Crippen LogP contribution in [0.25, 0.3) is 0 Å². The summed E-state index contributed by atoms with van der Waals surface area (Å²) >= 11 is 0. The fourth-order valence-corrected chi connectivity index (χ4v) is 8.79. The Morgan fingerprint density at radius 2 is 0.873 bits per heavy atom. The quantitative estimate of drug-likeness (QED) is 0.0131. The summed E-state index contributed by atoms with van der Waals surface area (Å²) in [4.78, 5) is 54.2. The lowest BCUT2D eigenvalue weighted by Gasteiger charge is -2.43. The summed E-state index contributed by atoms with van der Waals surface area (Å²) in [7, 11) is -10.7. The van der Waals surface area contributed by atoms with Crippen molar-refractivity contribution in [3.63, 3.8) is 0 Å². The third kappa shape index (κ3) is 31.2. The van der Waals surface area contributed by atoms with E-state index in [0.717, 1.165) is 89.9 Å². The summed E-state index contributed by atoms with van der Waals surface area (Å²) in [5.41, 5.74) is 0. The molecule has 0 amide bonds. The first-order valence-corrected chi connectivity index (χ1v) is 26.9. The molecule has 0 radical (unpaired) electrons. The van der Waals surface area contributed by atoms with E-state index in [4.69, 9.17) is 28.3 Å². The predicted molar refractivity (Wildman–Crippen MR) is 241 cm³/mol. The highest BCUT2D eigenvalue weighted by molar-refractivity contribution is 7.47. The Morgan fingerprint density at radius 3 is 1.32 bits per heavy atom. The molecule has 1 aliphatic rings. The fraction of sp³-hybridized carbons (Fsp3) is 0.867. The number of aliphatic hydroxyl groups excluding tert-OH is 4. The average molecular weight is 943 g/mol. The molecule has 370 valence electrons. The molecule has 8 atom stereocenters. The highest BCUT2D eigenvalue weighted by Gasteiger charge is 2.54. The smallest absolute Gasteiger partial charge is 0.462 e. The Hall–Kier alpha value is -1.52. The molecule has 0 aliphatic heterocycles. The molecule has 0 aromatic carbocycles.